The number of benzene rings is 2. The summed E-state index contributed by atoms with van der Waals surface area (Å²) >= 11 is 5.63. The second-order valence-electron chi connectivity index (χ2n) is 3.90. The van der Waals surface area contributed by atoms with E-state index in [1.54, 1.807) is 6.07 Å². The molecule has 1 amide bonds. The SMILES string of the molecule is Nc1ccc(C(=O)Nc2cccc(Cl)c2F)c(N)c1. The maximum atomic E-state index is 13.6. The Morgan fingerprint density at radius 2 is 1.95 bits per heavy atom. The molecule has 0 saturated heterocycles. The largest absolute Gasteiger partial charge is 0.399 e. The van der Waals surface area contributed by atoms with Crippen molar-refractivity contribution in [2.45, 2.75) is 0 Å². The highest BCUT2D eigenvalue weighted by Gasteiger charge is 2.13. The van der Waals surface area contributed by atoms with Crippen LogP contribution in [0.5, 0.6) is 0 Å². The highest BCUT2D eigenvalue weighted by atomic mass is 35.5. The number of halogens is 2. The van der Waals surface area contributed by atoms with Gasteiger partial charge in [0.2, 0.25) is 0 Å². The number of rotatable bonds is 2. The average molecular weight is 280 g/mol. The number of carbonyl (C=O) groups is 1. The van der Waals surface area contributed by atoms with Crippen LogP contribution < -0.4 is 16.8 Å². The molecule has 2 rings (SSSR count). The molecule has 0 spiro atoms. The Balaban J connectivity index is 2.28. The van der Waals surface area contributed by atoms with E-state index < -0.39 is 11.7 Å². The summed E-state index contributed by atoms with van der Waals surface area (Å²) in [5.74, 6) is -1.22. The first-order valence-corrected chi connectivity index (χ1v) is 5.77. The number of nitrogens with one attached hydrogen (secondary N) is 1. The molecule has 0 bridgehead atoms. The molecule has 2 aromatic carbocycles. The van der Waals surface area contributed by atoms with Crippen molar-refractivity contribution in [2.24, 2.45) is 0 Å². The number of anilines is 3. The predicted octanol–water partition coefficient (Wildman–Crippen LogP) is 2.90. The lowest BCUT2D eigenvalue weighted by Gasteiger charge is -2.09. The Morgan fingerprint density at radius 1 is 1.21 bits per heavy atom. The second kappa shape index (κ2) is 5.16. The van der Waals surface area contributed by atoms with E-state index in [0.29, 0.717) is 5.69 Å². The Hall–Kier alpha value is -2.27. The summed E-state index contributed by atoms with van der Waals surface area (Å²) in [7, 11) is 0. The van der Waals surface area contributed by atoms with Gasteiger partial charge < -0.3 is 16.8 Å². The second-order valence-corrected chi connectivity index (χ2v) is 4.31. The zero-order chi connectivity index (χ0) is 14.0. The summed E-state index contributed by atoms with van der Waals surface area (Å²) in [5.41, 5.74) is 12.1. The van der Waals surface area contributed by atoms with Crippen LogP contribution >= 0.6 is 11.6 Å². The fraction of sp³-hybridized carbons (Fsp3) is 0. The van der Waals surface area contributed by atoms with E-state index in [1.807, 2.05) is 0 Å². The van der Waals surface area contributed by atoms with E-state index in [9.17, 15) is 9.18 Å². The van der Waals surface area contributed by atoms with Crippen LogP contribution in [0.2, 0.25) is 5.02 Å². The van der Waals surface area contributed by atoms with Gasteiger partial charge in [-0.1, -0.05) is 17.7 Å². The highest BCUT2D eigenvalue weighted by molar-refractivity contribution is 6.31. The predicted molar refractivity (Wildman–Crippen MR) is 74.6 cm³/mol. The first kappa shape index (κ1) is 13.2. The van der Waals surface area contributed by atoms with E-state index in [-0.39, 0.29) is 22.0 Å². The Morgan fingerprint density at radius 3 is 2.63 bits per heavy atom. The fourth-order valence-electron chi connectivity index (χ4n) is 1.58. The van der Waals surface area contributed by atoms with Gasteiger partial charge in [-0.2, -0.15) is 0 Å². The molecule has 4 nitrogen and oxygen atoms in total. The van der Waals surface area contributed by atoms with Gasteiger partial charge in [-0.3, -0.25) is 4.79 Å². The smallest absolute Gasteiger partial charge is 0.257 e. The molecule has 0 aliphatic carbocycles. The monoisotopic (exact) mass is 279 g/mol. The van der Waals surface area contributed by atoms with Crippen molar-refractivity contribution in [3.05, 3.63) is 52.8 Å². The van der Waals surface area contributed by atoms with Crippen LogP contribution in [0, 0.1) is 5.82 Å². The van der Waals surface area contributed by atoms with Gasteiger partial charge in [-0.25, -0.2) is 4.39 Å². The highest BCUT2D eigenvalue weighted by Crippen LogP contribution is 2.23. The maximum absolute atomic E-state index is 13.6. The molecule has 98 valence electrons. The van der Waals surface area contributed by atoms with Crippen LogP contribution in [0.3, 0.4) is 0 Å². The normalized spacial score (nSPS) is 10.2. The lowest BCUT2D eigenvalue weighted by molar-refractivity contribution is 0.102. The first-order valence-electron chi connectivity index (χ1n) is 5.39. The molecule has 0 fully saturated rings. The van der Waals surface area contributed by atoms with E-state index in [4.69, 9.17) is 23.1 Å². The molecule has 0 aliphatic rings. The van der Waals surface area contributed by atoms with Crippen LogP contribution in [0.1, 0.15) is 10.4 Å². The Kier molecular flexibility index (Phi) is 3.57. The summed E-state index contributed by atoms with van der Waals surface area (Å²) < 4.78 is 13.6. The van der Waals surface area contributed by atoms with E-state index in [1.165, 1.54) is 30.3 Å². The van der Waals surface area contributed by atoms with E-state index in [0.717, 1.165) is 0 Å². The van der Waals surface area contributed by atoms with Gasteiger partial charge in [0.05, 0.1) is 16.3 Å². The van der Waals surface area contributed by atoms with Crippen molar-refractivity contribution in [3.63, 3.8) is 0 Å². The van der Waals surface area contributed by atoms with Gasteiger partial charge in [0, 0.05) is 11.4 Å². The lowest BCUT2D eigenvalue weighted by Crippen LogP contribution is -2.15. The van der Waals surface area contributed by atoms with Crippen molar-refractivity contribution in [3.8, 4) is 0 Å². The van der Waals surface area contributed by atoms with E-state index in [2.05, 4.69) is 5.32 Å². The molecule has 0 aliphatic heterocycles. The lowest BCUT2D eigenvalue weighted by atomic mass is 10.1. The average Bonchev–Trinajstić information content (AvgIpc) is 2.34. The van der Waals surface area contributed by atoms with Gasteiger partial charge in [-0.05, 0) is 30.3 Å². The molecule has 5 N–H and O–H groups in total. The summed E-state index contributed by atoms with van der Waals surface area (Å²) in [5, 5.41) is 2.34. The standard InChI is InChI=1S/C13H11ClFN3O/c14-9-2-1-3-11(12(9)15)18-13(19)8-5-4-7(16)6-10(8)17/h1-6H,16-17H2,(H,18,19). The number of nitrogens with two attached hydrogens (primary N) is 2. The molecule has 0 radical (unpaired) electrons. The van der Waals surface area contributed by atoms with Crippen molar-refractivity contribution >= 4 is 34.6 Å². The topological polar surface area (TPSA) is 81.1 Å². The minimum absolute atomic E-state index is 0.00581. The molecule has 19 heavy (non-hydrogen) atoms. The number of amides is 1. The van der Waals surface area contributed by atoms with Gasteiger partial charge in [-0.15, -0.1) is 0 Å². The summed E-state index contributed by atoms with van der Waals surface area (Å²) in [6, 6.07) is 8.81. The van der Waals surface area contributed by atoms with Crippen molar-refractivity contribution in [2.75, 3.05) is 16.8 Å². The number of nitrogen functional groups attached to an aromatic ring is 2. The molecule has 0 unspecified atom stereocenters. The summed E-state index contributed by atoms with van der Waals surface area (Å²) in [6.45, 7) is 0. The van der Waals surface area contributed by atoms with Crippen LogP contribution in [0.15, 0.2) is 36.4 Å². The number of hydrogen-bond donors (Lipinski definition) is 3. The van der Waals surface area contributed by atoms with E-state index >= 15 is 0 Å². The molecular weight excluding hydrogens is 269 g/mol. The van der Waals surface area contributed by atoms with Crippen LogP contribution in [0.4, 0.5) is 21.5 Å². The van der Waals surface area contributed by atoms with Gasteiger partial charge >= 0.3 is 0 Å². The molecule has 6 heteroatoms. The molecule has 2 aromatic rings. The minimum Gasteiger partial charge on any atom is -0.399 e. The van der Waals surface area contributed by atoms with Crippen LogP contribution in [0.25, 0.3) is 0 Å². The van der Waals surface area contributed by atoms with Crippen LogP contribution in [-0.4, -0.2) is 5.91 Å². The number of hydrogen-bond acceptors (Lipinski definition) is 3. The molecule has 0 atom stereocenters. The van der Waals surface area contributed by atoms with Gasteiger partial charge in [0.15, 0.2) is 5.82 Å². The molecule has 0 aromatic heterocycles. The summed E-state index contributed by atoms with van der Waals surface area (Å²) in [6.07, 6.45) is 0. The van der Waals surface area contributed by atoms with Gasteiger partial charge in [0.25, 0.3) is 5.91 Å². The molecular formula is C13H11ClFN3O. The minimum atomic E-state index is -0.688. The van der Waals surface area contributed by atoms with Crippen molar-refractivity contribution in [1.29, 1.82) is 0 Å². The maximum Gasteiger partial charge on any atom is 0.257 e. The Bertz CT molecular complexity index is 646. The first-order chi connectivity index (χ1) is 8.99. The quantitative estimate of drug-likeness (QED) is 0.739. The fourth-order valence-corrected chi connectivity index (χ4v) is 1.75. The van der Waals surface area contributed by atoms with Crippen molar-refractivity contribution < 1.29 is 9.18 Å². The molecule has 0 heterocycles. The zero-order valence-corrected chi connectivity index (χ0v) is 10.5. The van der Waals surface area contributed by atoms with Gasteiger partial charge in [0.1, 0.15) is 0 Å². The number of carbonyl (C=O) groups excluding carboxylic acids is 1. The third-order valence-electron chi connectivity index (χ3n) is 2.52. The summed E-state index contributed by atoms with van der Waals surface area (Å²) in [4.78, 5) is 12.0. The van der Waals surface area contributed by atoms with Crippen molar-refractivity contribution in [1.82, 2.24) is 0 Å². The van der Waals surface area contributed by atoms with Crippen LogP contribution in [-0.2, 0) is 0 Å². The third kappa shape index (κ3) is 2.77. The Labute approximate surface area is 114 Å². The zero-order valence-electron chi connectivity index (χ0n) is 9.78. The molecule has 0 saturated carbocycles. The third-order valence-corrected chi connectivity index (χ3v) is 2.81.